The van der Waals surface area contributed by atoms with Gasteiger partial charge in [-0.25, -0.2) is 0 Å². The molecule has 0 fully saturated rings. The zero-order valence-corrected chi connectivity index (χ0v) is 9.84. The van der Waals surface area contributed by atoms with E-state index >= 15 is 0 Å². The van der Waals surface area contributed by atoms with Crippen molar-refractivity contribution in [2.45, 2.75) is 6.92 Å². The number of ether oxygens (including phenoxy) is 1. The molecule has 0 heterocycles. The van der Waals surface area contributed by atoms with Gasteiger partial charge in [0.15, 0.2) is 0 Å². The van der Waals surface area contributed by atoms with Crippen LogP contribution < -0.4 is 10.2 Å². The van der Waals surface area contributed by atoms with Crippen LogP contribution in [-0.4, -0.2) is 23.8 Å². The molecular weight excluding hydrogens is 270 g/mol. The van der Waals surface area contributed by atoms with Gasteiger partial charge in [-0.3, -0.25) is 0 Å². The molecule has 2 N–H and O–H groups in total. The quantitative estimate of drug-likeness (QED) is 0.817. The van der Waals surface area contributed by atoms with Crippen molar-refractivity contribution in [3.63, 3.8) is 0 Å². The molecule has 0 radical (unpaired) electrons. The second kappa shape index (κ2) is 5.02. The topological polar surface area (TPSA) is 49.7 Å². The molecule has 0 saturated heterocycles. The minimum atomic E-state index is -1.61. The van der Waals surface area contributed by atoms with Gasteiger partial charge in [-0.15, -0.1) is 0 Å². The van der Waals surface area contributed by atoms with E-state index in [1.807, 2.05) is 6.92 Å². The van der Waals surface area contributed by atoms with Gasteiger partial charge in [0.05, 0.1) is 11.1 Å². The Morgan fingerprint density at radius 2 is 2.14 bits per heavy atom. The van der Waals surface area contributed by atoms with Crippen molar-refractivity contribution in [1.82, 2.24) is 0 Å². The number of hydrogen-bond donors (Lipinski definition) is 2. The number of halogens is 2. The van der Waals surface area contributed by atoms with Crippen LogP contribution in [0.5, 0.6) is 5.75 Å². The molecule has 1 rings (SSSR count). The largest absolute Gasteiger partial charge is 0.493 e. The molecule has 76 valence electrons. The third-order valence-electron chi connectivity index (χ3n) is 1.65. The summed E-state index contributed by atoms with van der Waals surface area (Å²) in [6.45, 7) is 2.34. The molecule has 0 spiro atoms. The predicted octanol–water partition coefficient (Wildman–Crippen LogP) is 1.18. The van der Waals surface area contributed by atoms with E-state index in [1.54, 1.807) is 12.1 Å². The highest BCUT2D eigenvalue weighted by molar-refractivity contribution is 9.10. The smallest absolute Gasteiger partial charge is 0.491 e. The van der Waals surface area contributed by atoms with Crippen LogP contribution in [0.1, 0.15) is 6.92 Å². The standard InChI is InChI=1S/C8H9BBrClO3/c1-2-14-6-4-3-5(11)7(8(6)10)9(12)13/h3-4,12-13H,2H2,1H3. The summed E-state index contributed by atoms with van der Waals surface area (Å²) in [7, 11) is -1.61. The summed E-state index contributed by atoms with van der Waals surface area (Å²) in [6.07, 6.45) is 0. The third-order valence-corrected chi connectivity index (χ3v) is 2.80. The Morgan fingerprint density at radius 3 is 2.64 bits per heavy atom. The minimum Gasteiger partial charge on any atom is -0.493 e. The first kappa shape index (κ1) is 11.8. The lowest BCUT2D eigenvalue weighted by Crippen LogP contribution is -2.32. The van der Waals surface area contributed by atoms with E-state index in [2.05, 4.69) is 15.9 Å². The van der Waals surface area contributed by atoms with Crippen LogP contribution in [0.25, 0.3) is 0 Å². The molecule has 0 amide bonds. The van der Waals surface area contributed by atoms with Crippen molar-refractivity contribution in [2.24, 2.45) is 0 Å². The fourth-order valence-corrected chi connectivity index (χ4v) is 2.09. The normalized spacial score (nSPS) is 10.1. The van der Waals surface area contributed by atoms with Gasteiger partial charge in [0.25, 0.3) is 0 Å². The Balaban J connectivity index is 3.19. The zero-order valence-electron chi connectivity index (χ0n) is 7.50. The van der Waals surface area contributed by atoms with Gasteiger partial charge < -0.3 is 14.8 Å². The van der Waals surface area contributed by atoms with Crippen LogP contribution in [0.3, 0.4) is 0 Å². The van der Waals surface area contributed by atoms with Crippen LogP contribution in [-0.2, 0) is 0 Å². The van der Waals surface area contributed by atoms with Crippen LogP contribution in [0, 0.1) is 0 Å². The molecule has 0 saturated carbocycles. The molecule has 0 unspecified atom stereocenters. The maximum Gasteiger partial charge on any atom is 0.491 e. The Hall–Kier alpha value is -0.225. The Kier molecular flexibility index (Phi) is 4.25. The van der Waals surface area contributed by atoms with Crippen LogP contribution in [0.15, 0.2) is 16.6 Å². The summed E-state index contributed by atoms with van der Waals surface area (Å²) >= 11 is 9.00. The lowest BCUT2D eigenvalue weighted by molar-refractivity contribution is 0.338. The van der Waals surface area contributed by atoms with Crippen molar-refractivity contribution >= 4 is 40.1 Å². The van der Waals surface area contributed by atoms with Gasteiger partial charge in [0.1, 0.15) is 5.75 Å². The van der Waals surface area contributed by atoms with Gasteiger partial charge in [-0.05, 0) is 35.0 Å². The molecule has 14 heavy (non-hydrogen) atoms. The van der Waals surface area contributed by atoms with Gasteiger partial charge >= 0.3 is 7.12 Å². The van der Waals surface area contributed by atoms with Gasteiger partial charge in [-0.1, -0.05) is 11.6 Å². The maximum atomic E-state index is 9.06. The fourth-order valence-electron chi connectivity index (χ4n) is 1.05. The summed E-state index contributed by atoms with van der Waals surface area (Å²) in [6, 6.07) is 3.23. The highest BCUT2D eigenvalue weighted by atomic mass is 79.9. The molecule has 3 nitrogen and oxygen atoms in total. The van der Waals surface area contributed by atoms with E-state index in [-0.39, 0.29) is 10.5 Å². The lowest BCUT2D eigenvalue weighted by atomic mass is 9.80. The number of rotatable bonds is 3. The summed E-state index contributed by atoms with van der Waals surface area (Å²) in [5.74, 6) is 0.542. The molecule has 1 aromatic rings. The zero-order chi connectivity index (χ0) is 10.7. The maximum absolute atomic E-state index is 9.06. The predicted molar refractivity (Wildman–Crippen MR) is 60.1 cm³/mol. The van der Waals surface area contributed by atoms with Gasteiger partial charge in [0.2, 0.25) is 0 Å². The molecule has 0 aliphatic rings. The molecule has 0 bridgehead atoms. The van der Waals surface area contributed by atoms with Gasteiger partial charge in [0, 0.05) is 10.5 Å². The van der Waals surface area contributed by atoms with Crippen molar-refractivity contribution in [3.05, 3.63) is 21.6 Å². The molecule has 0 atom stereocenters. The summed E-state index contributed by atoms with van der Waals surface area (Å²) in [4.78, 5) is 0. The van der Waals surface area contributed by atoms with E-state index in [4.69, 9.17) is 26.4 Å². The third kappa shape index (κ3) is 2.42. The highest BCUT2D eigenvalue weighted by Crippen LogP contribution is 2.26. The summed E-state index contributed by atoms with van der Waals surface area (Å²) in [5.41, 5.74) is 0.220. The fraction of sp³-hybridized carbons (Fsp3) is 0.250. The van der Waals surface area contributed by atoms with E-state index in [1.165, 1.54) is 0 Å². The lowest BCUT2D eigenvalue weighted by Gasteiger charge is -2.11. The molecule has 0 aromatic heterocycles. The first-order chi connectivity index (χ1) is 6.57. The molecule has 0 aliphatic carbocycles. The van der Waals surface area contributed by atoms with Crippen LogP contribution in [0.2, 0.25) is 5.02 Å². The second-order valence-electron chi connectivity index (χ2n) is 2.58. The summed E-state index contributed by atoms with van der Waals surface area (Å²) < 4.78 is 5.73. The molecule has 1 aromatic carbocycles. The second-order valence-corrected chi connectivity index (χ2v) is 3.78. The molecular formula is C8H9BBrClO3. The van der Waals surface area contributed by atoms with Crippen molar-refractivity contribution in [3.8, 4) is 5.75 Å². The van der Waals surface area contributed by atoms with E-state index in [0.29, 0.717) is 16.8 Å². The molecule has 0 aliphatic heterocycles. The van der Waals surface area contributed by atoms with E-state index < -0.39 is 7.12 Å². The monoisotopic (exact) mass is 278 g/mol. The number of benzene rings is 1. The first-order valence-electron chi connectivity index (χ1n) is 4.04. The average Bonchev–Trinajstić information content (AvgIpc) is 2.10. The highest BCUT2D eigenvalue weighted by Gasteiger charge is 2.21. The van der Waals surface area contributed by atoms with Crippen LogP contribution in [0.4, 0.5) is 0 Å². The Labute approximate surface area is 95.9 Å². The van der Waals surface area contributed by atoms with Crippen molar-refractivity contribution in [2.75, 3.05) is 6.61 Å². The number of hydrogen-bond acceptors (Lipinski definition) is 3. The van der Waals surface area contributed by atoms with Crippen LogP contribution >= 0.6 is 27.5 Å². The molecule has 6 heteroatoms. The van der Waals surface area contributed by atoms with Crippen molar-refractivity contribution in [1.29, 1.82) is 0 Å². The first-order valence-corrected chi connectivity index (χ1v) is 5.21. The van der Waals surface area contributed by atoms with Crippen molar-refractivity contribution < 1.29 is 14.8 Å². The van der Waals surface area contributed by atoms with E-state index in [9.17, 15) is 0 Å². The Morgan fingerprint density at radius 1 is 1.50 bits per heavy atom. The van der Waals surface area contributed by atoms with Gasteiger partial charge in [-0.2, -0.15) is 0 Å². The average molecular weight is 279 g/mol. The SMILES string of the molecule is CCOc1ccc(Cl)c(B(O)O)c1Br. The summed E-state index contributed by atoms with van der Waals surface area (Å²) in [5, 5.41) is 18.4. The van der Waals surface area contributed by atoms with E-state index in [0.717, 1.165) is 0 Å². The Bertz CT molecular complexity index is 333. The minimum absolute atomic E-state index is 0.220.